The minimum Gasteiger partial charge on any atom is -0.616 e. The largest absolute Gasteiger partial charge is 0.616 e. The number of rotatable bonds is 3. The van der Waals surface area contributed by atoms with Gasteiger partial charge in [0.1, 0.15) is 23.7 Å². The molecule has 1 fully saturated rings. The molecule has 2 rings (SSSR count). The Balaban J connectivity index is 1.75. The van der Waals surface area contributed by atoms with Gasteiger partial charge in [0.15, 0.2) is 0 Å². The fourth-order valence-corrected chi connectivity index (χ4v) is 3.23. The number of carbonyl (C=O) groups excluding carboxylic acids is 1. The van der Waals surface area contributed by atoms with Gasteiger partial charge in [0.2, 0.25) is 0 Å². The number of alkyl carbamates (subject to hydrolysis) is 1. The molecule has 1 aromatic rings. The van der Waals surface area contributed by atoms with E-state index >= 15 is 0 Å². The Morgan fingerprint density at radius 3 is 2.71 bits per heavy atom. The summed E-state index contributed by atoms with van der Waals surface area (Å²) in [4.78, 5) is 11.5. The third kappa shape index (κ3) is 3.38. The summed E-state index contributed by atoms with van der Waals surface area (Å²) in [5, 5.41) is 2.74. The molecule has 1 aliphatic rings. The third-order valence-electron chi connectivity index (χ3n) is 2.58. The van der Waals surface area contributed by atoms with Gasteiger partial charge < -0.3 is 14.6 Å². The van der Waals surface area contributed by atoms with E-state index in [1.165, 1.54) is 0 Å². The van der Waals surface area contributed by atoms with Gasteiger partial charge >= 0.3 is 6.09 Å². The molecule has 0 unspecified atom stereocenters. The first kappa shape index (κ1) is 12.3. The second-order valence-corrected chi connectivity index (χ2v) is 5.93. The molecule has 0 spiro atoms. The zero-order valence-corrected chi connectivity index (χ0v) is 10.5. The second kappa shape index (κ2) is 4.98. The average Bonchev–Trinajstić information content (AvgIpc) is 2.26. The number of hydrogen-bond donors (Lipinski definition) is 1. The van der Waals surface area contributed by atoms with E-state index in [-0.39, 0.29) is 12.1 Å². The van der Waals surface area contributed by atoms with Crippen LogP contribution in [0, 0.1) is 0 Å². The smallest absolute Gasteiger partial charge is 0.408 e. The van der Waals surface area contributed by atoms with Crippen molar-refractivity contribution in [3.63, 3.8) is 0 Å². The summed E-state index contributed by atoms with van der Waals surface area (Å²) in [6.07, 6.45) is -0.451. The number of nitrogens with one attached hydrogen (secondary N) is 1. The van der Waals surface area contributed by atoms with Crippen molar-refractivity contribution in [2.45, 2.75) is 19.1 Å². The predicted molar refractivity (Wildman–Crippen MR) is 66.0 cm³/mol. The number of benzene rings is 1. The van der Waals surface area contributed by atoms with Crippen LogP contribution in [0.1, 0.15) is 12.5 Å². The molecule has 0 atom stereocenters. The molecule has 1 amide bonds. The lowest BCUT2D eigenvalue weighted by molar-refractivity contribution is 0.130. The molecule has 0 saturated carbocycles. The van der Waals surface area contributed by atoms with Gasteiger partial charge in [-0.25, -0.2) is 4.79 Å². The molecule has 17 heavy (non-hydrogen) atoms. The van der Waals surface area contributed by atoms with Gasteiger partial charge in [0, 0.05) is 0 Å². The van der Waals surface area contributed by atoms with Crippen molar-refractivity contribution in [3.8, 4) is 0 Å². The number of amides is 1. The minimum absolute atomic E-state index is 0.256. The summed E-state index contributed by atoms with van der Waals surface area (Å²) in [5.74, 6) is 1.01. The van der Waals surface area contributed by atoms with Crippen LogP contribution in [0.25, 0.3) is 0 Å². The number of carbonyl (C=O) groups is 1. The Morgan fingerprint density at radius 1 is 1.47 bits per heavy atom. The van der Waals surface area contributed by atoms with E-state index in [1.54, 1.807) is 0 Å². The Labute approximate surface area is 104 Å². The molecular weight excluding hydrogens is 238 g/mol. The van der Waals surface area contributed by atoms with Crippen molar-refractivity contribution in [2.24, 2.45) is 0 Å². The highest BCUT2D eigenvalue weighted by atomic mass is 32.2. The summed E-state index contributed by atoms with van der Waals surface area (Å²) < 4.78 is 16.1. The Kier molecular flexibility index (Phi) is 3.59. The van der Waals surface area contributed by atoms with Gasteiger partial charge in [-0.3, -0.25) is 0 Å². The van der Waals surface area contributed by atoms with E-state index < -0.39 is 17.3 Å². The minimum atomic E-state index is -0.788. The fraction of sp³-hybridized carbons (Fsp3) is 0.417. The average molecular weight is 253 g/mol. The summed E-state index contributed by atoms with van der Waals surface area (Å²) >= 11 is -0.788. The highest BCUT2D eigenvalue weighted by Crippen LogP contribution is 2.22. The van der Waals surface area contributed by atoms with Gasteiger partial charge in [-0.15, -0.1) is 0 Å². The first-order chi connectivity index (χ1) is 8.07. The highest BCUT2D eigenvalue weighted by Gasteiger charge is 2.45. The summed E-state index contributed by atoms with van der Waals surface area (Å²) in [6.45, 7) is 2.13. The maximum atomic E-state index is 11.5. The summed E-state index contributed by atoms with van der Waals surface area (Å²) in [6, 6.07) is 9.50. The van der Waals surface area contributed by atoms with Gasteiger partial charge in [-0.2, -0.15) is 0 Å². The zero-order valence-electron chi connectivity index (χ0n) is 9.64. The van der Waals surface area contributed by atoms with E-state index in [2.05, 4.69) is 5.32 Å². The van der Waals surface area contributed by atoms with E-state index in [9.17, 15) is 9.35 Å². The lowest BCUT2D eigenvalue weighted by Gasteiger charge is -2.38. The molecule has 1 saturated heterocycles. The van der Waals surface area contributed by atoms with Crippen LogP contribution in [-0.4, -0.2) is 27.7 Å². The molecule has 0 aromatic heterocycles. The number of ether oxygens (including phenoxy) is 1. The van der Waals surface area contributed by atoms with Crippen molar-refractivity contribution in [3.05, 3.63) is 35.9 Å². The Morgan fingerprint density at radius 2 is 2.12 bits per heavy atom. The normalized spacial score (nSPS) is 27.1. The van der Waals surface area contributed by atoms with Gasteiger partial charge in [-0.05, 0) is 23.7 Å². The van der Waals surface area contributed by atoms with Crippen LogP contribution in [0.15, 0.2) is 30.3 Å². The number of hydrogen-bond acceptors (Lipinski definition) is 3. The SMILES string of the molecule is C[C@]1(NC(=O)OCc2ccccc2)C[S@+]([O-])C1. The Bertz CT molecular complexity index is 390. The quantitative estimate of drug-likeness (QED) is 0.829. The molecule has 5 heteroatoms. The van der Waals surface area contributed by atoms with Crippen molar-refractivity contribution >= 4 is 17.3 Å². The standard InChI is InChI=1S/C12H15NO3S/c1-12(8-17(15)9-12)13-11(14)16-7-10-5-3-2-4-6-10/h2-6H,7-9H2,1H3,(H,13,14)/t12-,17-. The van der Waals surface area contributed by atoms with Crippen molar-refractivity contribution in [2.75, 3.05) is 11.5 Å². The highest BCUT2D eigenvalue weighted by molar-refractivity contribution is 7.93. The molecule has 4 nitrogen and oxygen atoms in total. The van der Waals surface area contributed by atoms with Crippen LogP contribution in [0.3, 0.4) is 0 Å². The molecule has 1 aliphatic heterocycles. The predicted octanol–water partition coefficient (Wildman–Crippen LogP) is 1.43. The van der Waals surface area contributed by atoms with Crippen LogP contribution in [0.2, 0.25) is 0 Å². The van der Waals surface area contributed by atoms with Crippen LogP contribution >= 0.6 is 0 Å². The van der Waals surface area contributed by atoms with Gasteiger partial charge in [0.25, 0.3) is 0 Å². The van der Waals surface area contributed by atoms with Crippen molar-refractivity contribution in [1.82, 2.24) is 5.32 Å². The second-order valence-electron chi connectivity index (χ2n) is 4.48. The van der Waals surface area contributed by atoms with Gasteiger partial charge in [-0.1, -0.05) is 30.3 Å². The van der Waals surface area contributed by atoms with Crippen LogP contribution < -0.4 is 5.32 Å². The van der Waals surface area contributed by atoms with E-state index in [4.69, 9.17) is 4.74 Å². The fourth-order valence-electron chi connectivity index (χ4n) is 1.75. The first-order valence-electron chi connectivity index (χ1n) is 5.41. The molecule has 0 radical (unpaired) electrons. The van der Waals surface area contributed by atoms with E-state index in [1.807, 2.05) is 37.3 Å². The molecule has 0 bridgehead atoms. The molecular formula is C12H15NO3S. The molecule has 92 valence electrons. The molecule has 0 aliphatic carbocycles. The summed E-state index contributed by atoms with van der Waals surface area (Å²) in [5.41, 5.74) is 0.587. The maximum Gasteiger partial charge on any atom is 0.408 e. The van der Waals surface area contributed by atoms with Crippen molar-refractivity contribution in [1.29, 1.82) is 0 Å². The lowest BCUT2D eigenvalue weighted by Crippen LogP contribution is -2.63. The van der Waals surface area contributed by atoms with Crippen LogP contribution in [0.5, 0.6) is 0 Å². The molecule has 1 aromatic carbocycles. The third-order valence-corrected chi connectivity index (χ3v) is 4.49. The zero-order chi connectivity index (χ0) is 12.3. The van der Waals surface area contributed by atoms with Gasteiger partial charge in [0.05, 0.1) is 0 Å². The topological polar surface area (TPSA) is 61.4 Å². The molecule has 1 heterocycles. The van der Waals surface area contributed by atoms with E-state index in [0.29, 0.717) is 11.5 Å². The van der Waals surface area contributed by atoms with Crippen molar-refractivity contribution < 1.29 is 14.1 Å². The Hall–Kier alpha value is -1.20. The van der Waals surface area contributed by atoms with Crippen LogP contribution in [0.4, 0.5) is 4.79 Å². The summed E-state index contributed by atoms with van der Waals surface area (Å²) in [7, 11) is 0. The maximum absolute atomic E-state index is 11.5. The van der Waals surface area contributed by atoms with E-state index in [0.717, 1.165) is 5.56 Å². The lowest BCUT2D eigenvalue weighted by atomic mass is 10.1. The monoisotopic (exact) mass is 253 g/mol. The molecule has 1 N–H and O–H groups in total. The first-order valence-corrected chi connectivity index (χ1v) is 6.90. The van der Waals surface area contributed by atoms with Crippen LogP contribution in [-0.2, 0) is 22.5 Å².